The third-order valence-corrected chi connectivity index (χ3v) is 6.12. The molecule has 35 heavy (non-hydrogen) atoms. The van der Waals surface area contributed by atoms with Crippen molar-refractivity contribution in [3.05, 3.63) is 119 Å². The molecule has 178 valence electrons. The quantitative estimate of drug-likeness (QED) is 0.434. The zero-order valence-electron chi connectivity index (χ0n) is 19.3. The minimum Gasteiger partial charge on any atom is -0.484 e. The van der Waals surface area contributed by atoms with E-state index in [-0.39, 0.29) is 11.7 Å². The summed E-state index contributed by atoms with van der Waals surface area (Å²) < 4.78 is 22.6. The molecule has 1 amide bonds. The first-order valence-electron chi connectivity index (χ1n) is 11.7. The Labute approximate surface area is 204 Å². The Morgan fingerprint density at radius 2 is 1.91 bits per heavy atom. The number of carbonyl (C=O) groups excluding carboxylic acids is 1. The highest BCUT2D eigenvalue weighted by Crippen LogP contribution is 2.31. The van der Waals surface area contributed by atoms with Crippen molar-refractivity contribution < 1.29 is 13.9 Å². The van der Waals surface area contributed by atoms with Crippen molar-refractivity contribution >= 4 is 5.91 Å². The van der Waals surface area contributed by atoms with Gasteiger partial charge < -0.3 is 10.1 Å². The third kappa shape index (κ3) is 5.58. The van der Waals surface area contributed by atoms with Crippen LogP contribution in [0.2, 0.25) is 0 Å². The number of halogens is 1. The first kappa shape index (κ1) is 22.8. The molecule has 0 saturated carbocycles. The highest BCUT2D eigenvalue weighted by atomic mass is 19.1. The number of benzene rings is 3. The number of nitrogens with one attached hydrogen (secondary N) is 1. The largest absolute Gasteiger partial charge is 0.484 e. The lowest BCUT2D eigenvalue weighted by Gasteiger charge is -2.24. The van der Waals surface area contributed by atoms with Crippen molar-refractivity contribution in [2.24, 2.45) is 0 Å². The van der Waals surface area contributed by atoms with Gasteiger partial charge >= 0.3 is 0 Å². The van der Waals surface area contributed by atoms with Crippen LogP contribution >= 0.6 is 0 Å². The van der Waals surface area contributed by atoms with Gasteiger partial charge in [0, 0.05) is 55.3 Å². The fraction of sp³-hybridized carbons (Fsp3) is 0.214. The van der Waals surface area contributed by atoms with E-state index in [9.17, 15) is 9.18 Å². The van der Waals surface area contributed by atoms with Gasteiger partial charge in [0.1, 0.15) is 17.7 Å². The molecule has 6 nitrogen and oxygen atoms in total. The van der Waals surface area contributed by atoms with Crippen molar-refractivity contribution in [2.45, 2.75) is 19.2 Å². The maximum absolute atomic E-state index is 14.5. The number of amides is 1. The summed E-state index contributed by atoms with van der Waals surface area (Å²) in [6.07, 6.45) is 3.19. The van der Waals surface area contributed by atoms with Crippen molar-refractivity contribution in [3.63, 3.8) is 0 Å². The Morgan fingerprint density at radius 1 is 1.06 bits per heavy atom. The maximum atomic E-state index is 14.5. The fourth-order valence-electron chi connectivity index (χ4n) is 4.37. The second-order valence-corrected chi connectivity index (χ2v) is 8.63. The summed E-state index contributed by atoms with van der Waals surface area (Å²) in [5.41, 5.74) is 3.20. The van der Waals surface area contributed by atoms with Gasteiger partial charge in [-0.2, -0.15) is 5.10 Å². The predicted octanol–water partition coefficient (Wildman–Crippen LogP) is 4.44. The fourth-order valence-corrected chi connectivity index (χ4v) is 4.37. The average molecular weight is 471 g/mol. The standard InChI is InChI=1S/C28H27FN4O2/c29-25-11-3-2-10-24(25)27-20-32(19-23-8-1-4-12-26(23)35-27)16-14-30-28(34)22-9-5-7-21(17-22)18-33-15-6-13-31-33/h1-13,15,17,27H,14,16,18-20H2,(H,30,34)/t27-/m1/s1. The minimum atomic E-state index is -0.436. The molecule has 3 aromatic carbocycles. The molecular weight excluding hydrogens is 443 g/mol. The van der Waals surface area contributed by atoms with Gasteiger partial charge in [-0.05, 0) is 35.9 Å². The van der Waals surface area contributed by atoms with E-state index in [4.69, 9.17) is 4.74 Å². The topological polar surface area (TPSA) is 59.4 Å². The summed E-state index contributed by atoms with van der Waals surface area (Å²) >= 11 is 0. The molecule has 0 saturated heterocycles. The zero-order chi connectivity index (χ0) is 24.0. The summed E-state index contributed by atoms with van der Waals surface area (Å²) in [5, 5.41) is 7.25. The minimum absolute atomic E-state index is 0.121. The molecule has 1 N–H and O–H groups in total. The normalized spacial score (nSPS) is 15.6. The summed E-state index contributed by atoms with van der Waals surface area (Å²) in [5.74, 6) is 0.367. The van der Waals surface area contributed by atoms with E-state index >= 15 is 0 Å². The van der Waals surface area contributed by atoms with E-state index in [0.717, 1.165) is 16.9 Å². The van der Waals surface area contributed by atoms with Gasteiger partial charge in [0.2, 0.25) is 0 Å². The van der Waals surface area contributed by atoms with E-state index in [1.165, 1.54) is 6.07 Å². The molecule has 1 aromatic heterocycles. The number of rotatable bonds is 7. The molecule has 0 aliphatic carbocycles. The number of ether oxygens (including phenoxy) is 1. The molecule has 4 aromatic rings. The number of para-hydroxylation sites is 1. The molecule has 0 radical (unpaired) electrons. The molecule has 5 rings (SSSR count). The van der Waals surface area contributed by atoms with Gasteiger partial charge in [0.25, 0.3) is 5.91 Å². The molecule has 1 aliphatic heterocycles. The summed E-state index contributed by atoms with van der Waals surface area (Å²) in [7, 11) is 0. The first-order valence-corrected chi connectivity index (χ1v) is 11.7. The van der Waals surface area contributed by atoms with Gasteiger partial charge in [-0.1, -0.05) is 48.5 Å². The molecule has 7 heteroatoms. The average Bonchev–Trinajstić information content (AvgIpc) is 3.30. The molecule has 1 atom stereocenters. The van der Waals surface area contributed by atoms with Gasteiger partial charge in [0.15, 0.2) is 0 Å². The van der Waals surface area contributed by atoms with Crippen LogP contribution in [0.5, 0.6) is 5.75 Å². The highest BCUT2D eigenvalue weighted by molar-refractivity contribution is 5.94. The van der Waals surface area contributed by atoms with Crippen LogP contribution in [-0.4, -0.2) is 40.2 Å². The Morgan fingerprint density at radius 3 is 2.77 bits per heavy atom. The van der Waals surface area contributed by atoms with Gasteiger partial charge in [0.05, 0.1) is 6.54 Å². The smallest absolute Gasteiger partial charge is 0.251 e. The summed E-state index contributed by atoms with van der Waals surface area (Å²) in [6.45, 7) is 2.87. The van der Waals surface area contributed by atoms with E-state index in [1.807, 2.05) is 71.5 Å². The Hall–Kier alpha value is -3.97. The van der Waals surface area contributed by atoms with Crippen molar-refractivity contribution in [2.75, 3.05) is 19.6 Å². The second-order valence-electron chi connectivity index (χ2n) is 8.63. The van der Waals surface area contributed by atoms with E-state index in [1.54, 1.807) is 18.3 Å². The van der Waals surface area contributed by atoms with Crippen LogP contribution in [0.1, 0.15) is 33.2 Å². The van der Waals surface area contributed by atoms with Crippen molar-refractivity contribution in [1.82, 2.24) is 20.0 Å². The van der Waals surface area contributed by atoms with E-state index < -0.39 is 6.10 Å². The number of carbonyl (C=O) groups is 1. The lowest BCUT2D eigenvalue weighted by Crippen LogP contribution is -2.36. The number of hydrogen-bond donors (Lipinski definition) is 1. The molecule has 2 heterocycles. The van der Waals surface area contributed by atoms with Crippen LogP contribution in [0.4, 0.5) is 4.39 Å². The SMILES string of the molecule is O=C(NCCN1Cc2ccccc2O[C@@H](c2ccccc2F)C1)c1cccc(Cn2cccn2)c1. The van der Waals surface area contributed by atoms with E-state index in [0.29, 0.717) is 43.9 Å². The van der Waals surface area contributed by atoms with Gasteiger partial charge in [-0.15, -0.1) is 0 Å². The Kier molecular flexibility index (Phi) is 6.86. The second kappa shape index (κ2) is 10.5. The summed E-state index contributed by atoms with van der Waals surface area (Å²) in [4.78, 5) is 15.0. The highest BCUT2D eigenvalue weighted by Gasteiger charge is 2.26. The molecule has 0 unspecified atom stereocenters. The van der Waals surface area contributed by atoms with Crippen LogP contribution in [0.25, 0.3) is 0 Å². The monoisotopic (exact) mass is 470 g/mol. The molecule has 0 bridgehead atoms. The predicted molar refractivity (Wildman–Crippen MR) is 132 cm³/mol. The molecule has 0 spiro atoms. The Balaban J connectivity index is 1.24. The van der Waals surface area contributed by atoms with Crippen molar-refractivity contribution in [3.8, 4) is 5.75 Å². The first-order chi connectivity index (χ1) is 17.2. The summed E-state index contributed by atoms with van der Waals surface area (Å²) in [6, 6.07) is 24.0. The number of fused-ring (bicyclic) bond motifs is 1. The van der Waals surface area contributed by atoms with Crippen LogP contribution in [0.3, 0.4) is 0 Å². The maximum Gasteiger partial charge on any atom is 0.251 e. The third-order valence-electron chi connectivity index (χ3n) is 6.12. The van der Waals surface area contributed by atoms with Crippen LogP contribution in [0, 0.1) is 5.82 Å². The lowest BCUT2D eigenvalue weighted by molar-refractivity contribution is 0.0942. The van der Waals surface area contributed by atoms with Gasteiger partial charge in [-0.3, -0.25) is 14.4 Å². The van der Waals surface area contributed by atoms with Gasteiger partial charge in [-0.25, -0.2) is 4.39 Å². The number of aromatic nitrogens is 2. The van der Waals surface area contributed by atoms with Crippen molar-refractivity contribution in [1.29, 1.82) is 0 Å². The van der Waals surface area contributed by atoms with Crippen LogP contribution in [-0.2, 0) is 13.1 Å². The zero-order valence-corrected chi connectivity index (χ0v) is 19.3. The van der Waals surface area contributed by atoms with Crippen LogP contribution in [0.15, 0.2) is 91.3 Å². The van der Waals surface area contributed by atoms with E-state index in [2.05, 4.69) is 15.3 Å². The molecule has 0 fully saturated rings. The lowest BCUT2D eigenvalue weighted by atomic mass is 10.1. The Bertz CT molecular complexity index is 1290. The number of hydrogen-bond acceptors (Lipinski definition) is 4. The van der Waals surface area contributed by atoms with Crippen LogP contribution < -0.4 is 10.1 Å². The molecule has 1 aliphatic rings. The molecular formula is C28H27FN4O2. The number of nitrogens with zero attached hydrogens (tertiary/aromatic N) is 3.